The summed E-state index contributed by atoms with van der Waals surface area (Å²) >= 11 is 0. The maximum absolute atomic E-state index is 11.9. The lowest BCUT2D eigenvalue weighted by atomic mass is 10.1. The Morgan fingerprint density at radius 2 is 2.00 bits per heavy atom. The number of hydrogen-bond acceptors (Lipinski definition) is 5. The molecule has 1 aliphatic heterocycles. The summed E-state index contributed by atoms with van der Waals surface area (Å²) in [6.45, 7) is 6.67. The van der Waals surface area contributed by atoms with Crippen LogP contribution < -0.4 is 15.8 Å². The van der Waals surface area contributed by atoms with Crippen LogP contribution in [0.15, 0.2) is 53.5 Å². The first-order chi connectivity index (χ1) is 13.6. The number of aryl methyl sites for hydroxylation is 1. The molecule has 4 rings (SSSR count). The minimum absolute atomic E-state index is 0.103. The second-order valence-corrected chi connectivity index (χ2v) is 7.37. The Kier molecular flexibility index (Phi) is 5.10. The molecule has 0 saturated carbocycles. The zero-order chi connectivity index (χ0) is 19.5. The molecule has 2 aromatic heterocycles. The number of pyridine rings is 1. The third-order valence-corrected chi connectivity index (χ3v) is 5.41. The van der Waals surface area contributed by atoms with E-state index in [9.17, 15) is 4.79 Å². The van der Waals surface area contributed by atoms with E-state index in [-0.39, 0.29) is 5.56 Å². The van der Waals surface area contributed by atoms with Crippen LogP contribution in [0.25, 0.3) is 11.4 Å². The summed E-state index contributed by atoms with van der Waals surface area (Å²) in [5, 5.41) is 3.44. The van der Waals surface area contributed by atoms with Crippen molar-refractivity contribution in [3.05, 3.63) is 70.3 Å². The summed E-state index contributed by atoms with van der Waals surface area (Å²) in [4.78, 5) is 26.1. The fourth-order valence-electron chi connectivity index (χ4n) is 3.54. The summed E-state index contributed by atoms with van der Waals surface area (Å²) in [5.41, 5.74) is 3.39. The molecule has 1 saturated heterocycles. The van der Waals surface area contributed by atoms with Crippen LogP contribution in [0.3, 0.4) is 0 Å². The molecule has 1 unspecified atom stereocenters. The predicted molar refractivity (Wildman–Crippen MR) is 113 cm³/mol. The van der Waals surface area contributed by atoms with Crippen molar-refractivity contribution in [1.29, 1.82) is 0 Å². The first-order valence-electron chi connectivity index (χ1n) is 9.68. The summed E-state index contributed by atoms with van der Waals surface area (Å²) in [5.74, 6) is 1.99. The Bertz CT molecular complexity index is 998. The minimum atomic E-state index is -0.103. The molecule has 0 radical (unpaired) electrons. The Morgan fingerprint density at radius 3 is 2.71 bits per heavy atom. The second kappa shape index (κ2) is 7.84. The van der Waals surface area contributed by atoms with Gasteiger partial charge in [-0.3, -0.25) is 4.79 Å². The first-order valence-corrected chi connectivity index (χ1v) is 9.68. The molecule has 1 fully saturated rings. The minimum Gasteiger partial charge on any atom is -0.371 e. The van der Waals surface area contributed by atoms with Crippen LogP contribution in [0.1, 0.15) is 17.7 Å². The molecule has 3 heterocycles. The lowest BCUT2D eigenvalue weighted by Gasteiger charge is -2.18. The summed E-state index contributed by atoms with van der Waals surface area (Å²) in [7, 11) is 0. The van der Waals surface area contributed by atoms with Crippen molar-refractivity contribution in [2.75, 3.05) is 29.9 Å². The fourth-order valence-corrected chi connectivity index (χ4v) is 3.54. The lowest BCUT2D eigenvalue weighted by molar-refractivity contribution is 0.621. The van der Waals surface area contributed by atoms with Gasteiger partial charge in [-0.15, -0.1) is 0 Å². The Balaban J connectivity index is 1.36. The number of para-hydroxylation sites is 1. The molecular weight excluding hydrogens is 350 g/mol. The fraction of sp³-hybridized carbons (Fsp3) is 0.318. The van der Waals surface area contributed by atoms with Gasteiger partial charge in [0.05, 0.1) is 0 Å². The second-order valence-electron chi connectivity index (χ2n) is 7.37. The molecule has 0 aliphatic carbocycles. The molecule has 2 N–H and O–H groups in total. The van der Waals surface area contributed by atoms with Crippen LogP contribution in [0.5, 0.6) is 0 Å². The van der Waals surface area contributed by atoms with Gasteiger partial charge in [0.15, 0.2) is 0 Å². The standard InChI is InChI=1S/C22H25N5O/c1-15-16(2)25-21(26-22(15)28)18-8-9-20(24-13-18)23-12-17-10-11-27(14-17)19-6-4-3-5-7-19/h3-9,13,17H,10-12,14H2,1-2H3,(H,23,24)(H,25,26,28). The van der Waals surface area contributed by atoms with E-state index in [1.165, 1.54) is 12.1 Å². The van der Waals surface area contributed by atoms with Crippen molar-refractivity contribution in [1.82, 2.24) is 15.0 Å². The predicted octanol–water partition coefficient (Wildman–Crippen LogP) is 3.39. The molecule has 0 amide bonds. The largest absolute Gasteiger partial charge is 0.371 e. The van der Waals surface area contributed by atoms with E-state index in [4.69, 9.17) is 0 Å². The van der Waals surface area contributed by atoms with Crippen molar-refractivity contribution in [2.45, 2.75) is 20.3 Å². The highest BCUT2D eigenvalue weighted by molar-refractivity contribution is 5.56. The molecule has 1 aliphatic rings. The van der Waals surface area contributed by atoms with E-state index >= 15 is 0 Å². The van der Waals surface area contributed by atoms with Gasteiger partial charge in [-0.1, -0.05) is 18.2 Å². The molecule has 0 bridgehead atoms. The van der Waals surface area contributed by atoms with E-state index in [0.717, 1.165) is 36.7 Å². The van der Waals surface area contributed by atoms with Gasteiger partial charge in [-0.2, -0.15) is 0 Å². The van der Waals surface area contributed by atoms with Crippen molar-refractivity contribution in [3.63, 3.8) is 0 Å². The zero-order valence-corrected chi connectivity index (χ0v) is 16.3. The van der Waals surface area contributed by atoms with Crippen LogP contribution in [-0.4, -0.2) is 34.6 Å². The van der Waals surface area contributed by atoms with Crippen molar-refractivity contribution >= 4 is 11.5 Å². The van der Waals surface area contributed by atoms with Gasteiger partial charge < -0.3 is 15.2 Å². The average Bonchev–Trinajstić information content (AvgIpc) is 3.20. The molecule has 3 aromatic rings. The van der Waals surface area contributed by atoms with Crippen molar-refractivity contribution < 1.29 is 0 Å². The van der Waals surface area contributed by atoms with E-state index < -0.39 is 0 Å². The number of H-pyrrole nitrogens is 1. The summed E-state index contributed by atoms with van der Waals surface area (Å²) < 4.78 is 0. The molecule has 28 heavy (non-hydrogen) atoms. The highest BCUT2D eigenvalue weighted by Gasteiger charge is 2.22. The summed E-state index contributed by atoms with van der Waals surface area (Å²) in [6, 6.07) is 14.4. The van der Waals surface area contributed by atoms with E-state index in [2.05, 4.69) is 55.5 Å². The van der Waals surface area contributed by atoms with E-state index in [0.29, 0.717) is 17.3 Å². The van der Waals surface area contributed by atoms with E-state index in [1.54, 1.807) is 13.1 Å². The van der Waals surface area contributed by atoms with Crippen LogP contribution in [-0.2, 0) is 0 Å². The average molecular weight is 375 g/mol. The third-order valence-electron chi connectivity index (χ3n) is 5.41. The topological polar surface area (TPSA) is 73.9 Å². The number of aromatic amines is 1. The monoisotopic (exact) mass is 375 g/mol. The van der Waals surface area contributed by atoms with E-state index in [1.807, 2.05) is 19.1 Å². The van der Waals surface area contributed by atoms with Gasteiger partial charge >= 0.3 is 0 Å². The SMILES string of the molecule is Cc1nc(-c2ccc(NCC3CCN(c4ccccc4)C3)nc2)[nH]c(=O)c1C. The number of aromatic nitrogens is 3. The lowest BCUT2D eigenvalue weighted by Crippen LogP contribution is -2.22. The summed E-state index contributed by atoms with van der Waals surface area (Å²) in [6.07, 6.45) is 2.92. The van der Waals surface area contributed by atoms with Crippen LogP contribution in [0.2, 0.25) is 0 Å². The van der Waals surface area contributed by atoms with Gasteiger partial charge in [0.25, 0.3) is 5.56 Å². The quantitative estimate of drug-likeness (QED) is 0.715. The van der Waals surface area contributed by atoms with Gasteiger partial charge in [0.2, 0.25) is 0 Å². The van der Waals surface area contributed by atoms with Crippen molar-refractivity contribution in [2.24, 2.45) is 5.92 Å². The highest BCUT2D eigenvalue weighted by Crippen LogP contribution is 2.24. The Morgan fingerprint density at radius 1 is 1.18 bits per heavy atom. The Hall–Kier alpha value is -3.15. The number of anilines is 2. The molecule has 0 spiro atoms. The first kappa shape index (κ1) is 18.2. The highest BCUT2D eigenvalue weighted by atomic mass is 16.1. The molecule has 1 aromatic carbocycles. The zero-order valence-electron chi connectivity index (χ0n) is 16.3. The van der Waals surface area contributed by atoms with Crippen LogP contribution in [0, 0.1) is 19.8 Å². The van der Waals surface area contributed by atoms with Crippen LogP contribution in [0.4, 0.5) is 11.5 Å². The molecule has 144 valence electrons. The van der Waals surface area contributed by atoms with Gasteiger partial charge in [0.1, 0.15) is 11.6 Å². The number of rotatable bonds is 5. The normalized spacial score (nSPS) is 16.4. The molecule has 6 nitrogen and oxygen atoms in total. The van der Waals surface area contributed by atoms with Gasteiger partial charge in [-0.25, -0.2) is 9.97 Å². The Labute approximate surface area is 164 Å². The third kappa shape index (κ3) is 3.91. The molecule has 6 heteroatoms. The number of benzene rings is 1. The number of hydrogen-bond donors (Lipinski definition) is 2. The van der Waals surface area contributed by atoms with Gasteiger partial charge in [-0.05, 0) is 50.5 Å². The maximum atomic E-state index is 11.9. The molecule has 1 atom stereocenters. The maximum Gasteiger partial charge on any atom is 0.254 e. The van der Waals surface area contributed by atoms with Crippen LogP contribution >= 0.6 is 0 Å². The number of nitrogens with zero attached hydrogens (tertiary/aromatic N) is 3. The molecular formula is C22H25N5O. The van der Waals surface area contributed by atoms with Gasteiger partial charge in [0, 0.05) is 48.3 Å². The van der Waals surface area contributed by atoms with Crippen molar-refractivity contribution in [3.8, 4) is 11.4 Å². The number of nitrogens with one attached hydrogen (secondary N) is 2. The smallest absolute Gasteiger partial charge is 0.254 e.